The van der Waals surface area contributed by atoms with Crippen LogP contribution in [0.15, 0.2) is 24.2 Å². The topological polar surface area (TPSA) is 36.1 Å². The summed E-state index contributed by atoms with van der Waals surface area (Å²) in [7, 11) is 0. The zero-order valence-corrected chi connectivity index (χ0v) is 5.02. The number of nitrogens with one attached hydrogen (secondary N) is 3. The Labute approximate surface area is 53.8 Å². The van der Waals surface area contributed by atoms with E-state index in [2.05, 4.69) is 22.2 Å². The SMILES string of the molecule is C1=CC2CNNC2=CN1. The van der Waals surface area contributed by atoms with Crippen molar-refractivity contribution in [3.05, 3.63) is 24.2 Å². The molecule has 2 aliphatic heterocycles. The van der Waals surface area contributed by atoms with E-state index < -0.39 is 0 Å². The lowest BCUT2D eigenvalue weighted by Gasteiger charge is -2.08. The van der Waals surface area contributed by atoms with Gasteiger partial charge in [0, 0.05) is 18.7 Å². The van der Waals surface area contributed by atoms with Gasteiger partial charge in [0.2, 0.25) is 0 Å². The molecule has 0 radical (unpaired) electrons. The highest BCUT2D eigenvalue weighted by atomic mass is 15.4. The maximum absolute atomic E-state index is 3.06. The van der Waals surface area contributed by atoms with Gasteiger partial charge in [-0.2, -0.15) is 0 Å². The third-order valence-corrected chi connectivity index (χ3v) is 1.62. The van der Waals surface area contributed by atoms with Crippen molar-refractivity contribution in [1.82, 2.24) is 16.2 Å². The van der Waals surface area contributed by atoms with Crippen LogP contribution in [0.2, 0.25) is 0 Å². The van der Waals surface area contributed by atoms with E-state index in [9.17, 15) is 0 Å². The molecule has 0 spiro atoms. The molecule has 48 valence electrons. The molecule has 3 N–H and O–H groups in total. The van der Waals surface area contributed by atoms with Crippen molar-refractivity contribution in [2.45, 2.75) is 0 Å². The molecule has 0 amide bonds. The molecule has 0 aromatic rings. The molecule has 1 saturated heterocycles. The lowest BCUT2D eigenvalue weighted by Crippen LogP contribution is -2.21. The fourth-order valence-corrected chi connectivity index (χ4v) is 1.09. The van der Waals surface area contributed by atoms with Crippen molar-refractivity contribution in [3.63, 3.8) is 0 Å². The lowest BCUT2D eigenvalue weighted by atomic mass is 10.1. The number of hydrazine groups is 1. The zero-order valence-electron chi connectivity index (χ0n) is 5.02. The second kappa shape index (κ2) is 1.77. The van der Waals surface area contributed by atoms with Gasteiger partial charge >= 0.3 is 0 Å². The van der Waals surface area contributed by atoms with Gasteiger partial charge in [-0.25, -0.2) is 5.43 Å². The van der Waals surface area contributed by atoms with E-state index in [-0.39, 0.29) is 0 Å². The molecule has 2 heterocycles. The minimum absolute atomic E-state index is 0.561. The molecule has 1 atom stereocenters. The molecule has 0 bridgehead atoms. The first-order valence-electron chi connectivity index (χ1n) is 3.08. The Kier molecular flexibility index (Phi) is 0.960. The number of rotatable bonds is 0. The van der Waals surface area contributed by atoms with Crippen LogP contribution in [-0.4, -0.2) is 6.54 Å². The van der Waals surface area contributed by atoms with E-state index in [1.807, 2.05) is 12.4 Å². The van der Waals surface area contributed by atoms with Crippen LogP contribution < -0.4 is 16.2 Å². The van der Waals surface area contributed by atoms with Crippen molar-refractivity contribution < 1.29 is 0 Å². The van der Waals surface area contributed by atoms with Crippen molar-refractivity contribution in [2.75, 3.05) is 6.54 Å². The van der Waals surface area contributed by atoms with Crippen LogP contribution in [0.25, 0.3) is 0 Å². The first kappa shape index (κ1) is 4.88. The van der Waals surface area contributed by atoms with Crippen molar-refractivity contribution in [3.8, 4) is 0 Å². The summed E-state index contributed by atoms with van der Waals surface area (Å²) in [5, 5.41) is 3.01. The number of dihydropyridines is 1. The number of hydrogen-bond donors (Lipinski definition) is 3. The second-order valence-corrected chi connectivity index (χ2v) is 2.24. The number of hydrogen-bond acceptors (Lipinski definition) is 3. The van der Waals surface area contributed by atoms with Crippen molar-refractivity contribution in [2.24, 2.45) is 5.92 Å². The largest absolute Gasteiger partial charge is 0.366 e. The smallest absolute Gasteiger partial charge is 0.0504 e. The molecule has 1 unspecified atom stereocenters. The van der Waals surface area contributed by atoms with Gasteiger partial charge in [-0.05, 0) is 6.20 Å². The van der Waals surface area contributed by atoms with E-state index in [4.69, 9.17) is 0 Å². The molecular weight excluding hydrogens is 114 g/mol. The molecule has 2 rings (SSSR count). The minimum Gasteiger partial charge on any atom is -0.366 e. The van der Waals surface area contributed by atoms with Gasteiger partial charge in [0.25, 0.3) is 0 Å². The maximum Gasteiger partial charge on any atom is 0.0504 e. The van der Waals surface area contributed by atoms with Crippen LogP contribution in [0.5, 0.6) is 0 Å². The second-order valence-electron chi connectivity index (χ2n) is 2.24. The van der Waals surface area contributed by atoms with Crippen LogP contribution in [0.4, 0.5) is 0 Å². The van der Waals surface area contributed by atoms with Gasteiger partial charge in [-0.15, -0.1) is 0 Å². The Morgan fingerprint density at radius 1 is 1.56 bits per heavy atom. The van der Waals surface area contributed by atoms with E-state index >= 15 is 0 Å². The molecule has 0 aliphatic carbocycles. The van der Waals surface area contributed by atoms with Crippen LogP contribution >= 0.6 is 0 Å². The summed E-state index contributed by atoms with van der Waals surface area (Å²) in [6.07, 6.45) is 6.08. The summed E-state index contributed by atoms with van der Waals surface area (Å²) < 4.78 is 0. The van der Waals surface area contributed by atoms with Crippen LogP contribution in [0.1, 0.15) is 0 Å². The standard InChI is InChI=1S/C6H9N3/c1-2-7-4-6-5(1)3-8-9-6/h1-2,4-5,7-9H,3H2. The summed E-state index contributed by atoms with van der Waals surface area (Å²) in [6.45, 7) is 1.00. The lowest BCUT2D eigenvalue weighted by molar-refractivity contribution is 0.708. The molecule has 1 fully saturated rings. The first-order valence-corrected chi connectivity index (χ1v) is 3.08. The van der Waals surface area contributed by atoms with Crippen LogP contribution in [0, 0.1) is 5.92 Å². The summed E-state index contributed by atoms with van der Waals surface area (Å²) in [4.78, 5) is 0. The normalized spacial score (nSPS) is 30.2. The predicted molar refractivity (Wildman–Crippen MR) is 35.0 cm³/mol. The average Bonchev–Trinajstić information content (AvgIpc) is 2.33. The van der Waals surface area contributed by atoms with Gasteiger partial charge in [-0.3, -0.25) is 0 Å². The molecule has 0 saturated carbocycles. The van der Waals surface area contributed by atoms with E-state index in [1.165, 1.54) is 5.70 Å². The van der Waals surface area contributed by atoms with Gasteiger partial charge < -0.3 is 10.7 Å². The third-order valence-electron chi connectivity index (χ3n) is 1.62. The molecular formula is C6H9N3. The highest BCUT2D eigenvalue weighted by Gasteiger charge is 2.18. The highest BCUT2D eigenvalue weighted by Crippen LogP contribution is 2.13. The summed E-state index contributed by atoms with van der Waals surface area (Å²) in [6, 6.07) is 0. The van der Waals surface area contributed by atoms with Gasteiger partial charge in [-0.1, -0.05) is 6.08 Å². The first-order chi connectivity index (χ1) is 4.47. The summed E-state index contributed by atoms with van der Waals surface area (Å²) in [5.74, 6) is 0.561. The Bertz CT molecular complexity index is 171. The Balaban J connectivity index is 2.22. The van der Waals surface area contributed by atoms with Crippen LogP contribution in [-0.2, 0) is 0 Å². The van der Waals surface area contributed by atoms with Crippen molar-refractivity contribution in [1.29, 1.82) is 0 Å². The Morgan fingerprint density at radius 2 is 2.56 bits per heavy atom. The monoisotopic (exact) mass is 123 g/mol. The van der Waals surface area contributed by atoms with E-state index in [0.29, 0.717) is 5.92 Å². The predicted octanol–water partition coefficient (Wildman–Crippen LogP) is -0.331. The Morgan fingerprint density at radius 3 is 3.44 bits per heavy atom. The number of fused-ring (bicyclic) bond motifs is 1. The van der Waals surface area contributed by atoms with Gasteiger partial charge in [0.05, 0.1) is 5.70 Å². The van der Waals surface area contributed by atoms with Crippen LogP contribution in [0.3, 0.4) is 0 Å². The molecule has 3 heteroatoms. The average molecular weight is 123 g/mol. The summed E-state index contributed by atoms with van der Waals surface area (Å²) >= 11 is 0. The minimum atomic E-state index is 0.561. The quantitative estimate of drug-likeness (QED) is 0.413. The summed E-state index contributed by atoms with van der Waals surface area (Å²) in [5.41, 5.74) is 7.34. The van der Waals surface area contributed by atoms with E-state index in [1.54, 1.807) is 0 Å². The molecule has 0 aromatic carbocycles. The Hall–Kier alpha value is -0.960. The molecule has 9 heavy (non-hydrogen) atoms. The van der Waals surface area contributed by atoms with E-state index in [0.717, 1.165) is 6.54 Å². The van der Waals surface area contributed by atoms with Crippen molar-refractivity contribution >= 4 is 0 Å². The fourth-order valence-electron chi connectivity index (χ4n) is 1.09. The highest BCUT2D eigenvalue weighted by molar-refractivity contribution is 5.19. The molecule has 0 aromatic heterocycles. The van der Waals surface area contributed by atoms with Gasteiger partial charge in [0.15, 0.2) is 0 Å². The molecule has 3 nitrogen and oxygen atoms in total. The molecule has 2 aliphatic rings. The zero-order chi connectivity index (χ0) is 6.10. The van der Waals surface area contributed by atoms with Gasteiger partial charge in [0.1, 0.15) is 0 Å². The fraction of sp³-hybridized carbons (Fsp3) is 0.333. The maximum atomic E-state index is 3.06. The third kappa shape index (κ3) is 0.695.